The van der Waals surface area contributed by atoms with E-state index in [4.69, 9.17) is 4.74 Å². The minimum Gasteiger partial charge on any atom is -0.494 e. The number of halogens is 1. The van der Waals surface area contributed by atoms with Crippen LogP contribution >= 0.6 is 27.3 Å². The number of rotatable bonds is 4. The zero-order valence-electron chi connectivity index (χ0n) is 8.74. The van der Waals surface area contributed by atoms with E-state index in [1.807, 2.05) is 36.6 Å². The van der Waals surface area contributed by atoms with E-state index in [1.54, 1.807) is 11.3 Å². The molecule has 1 aromatic heterocycles. The van der Waals surface area contributed by atoms with E-state index < -0.39 is 0 Å². The predicted molar refractivity (Wildman–Crippen MR) is 70.7 cm³/mol. The predicted octanol–water partition coefficient (Wildman–Crippen LogP) is 4.05. The highest BCUT2D eigenvalue weighted by Gasteiger charge is 2.00. The summed E-state index contributed by atoms with van der Waals surface area (Å²) in [4.78, 5) is 4.26. The average Bonchev–Trinajstić information content (AvgIpc) is 2.67. The first-order chi connectivity index (χ1) is 7.78. The Morgan fingerprint density at radius 2 is 2.12 bits per heavy atom. The van der Waals surface area contributed by atoms with E-state index in [0.717, 1.165) is 21.2 Å². The second kappa shape index (κ2) is 5.32. The van der Waals surface area contributed by atoms with Crippen LogP contribution in [0.2, 0.25) is 0 Å². The van der Waals surface area contributed by atoms with Gasteiger partial charge < -0.3 is 10.1 Å². The van der Waals surface area contributed by atoms with Crippen LogP contribution in [0.1, 0.15) is 6.92 Å². The van der Waals surface area contributed by atoms with Gasteiger partial charge in [-0.2, -0.15) is 0 Å². The number of thiazole rings is 1. The highest BCUT2D eigenvalue weighted by Crippen LogP contribution is 2.24. The second-order valence-electron chi connectivity index (χ2n) is 3.06. The molecular formula is C11H11BrN2OS. The summed E-state index contributed by atoms with van der Waals surface area (Å²) in [5.74, 6) is 0.883. The highest BCUT2D eigenvalue weighted by molar-refractivity contribution is 9.10. The molecule has 5 heteroatoms. The van der Waals surface area contributed by atoms with Gasteiger partial charge in [0, 0.05) is 11.1 Å². The summed E-state index contributed by atoms with van der Waals surface area (Å²) in [6, 6.07) is 7.82. The van der Waals surface area contributed by atoms with Crippen LogP contribution in [0.15, 0.2) is 34.2 Å². The van der Waals surface area contributed by atoms with Crippen LogP contribution in [-0.2, 0) is 0 Å². The van der Waals surface area contributed by atoms with Crippen LogP contribution < -0.4 is 10.1 Å². The molecule has 0 saturated heterocycles. The Morgan fingerprint density at radius 1 is 1.38 bits per heavy atom. The third-order valence-electron chi connectivity index (χ3n) is 1.89. The van der Waals surface area contributed by atoms with Crippen LogP contribution in [-0.4, -0.2) is 11.6 Å². The molecular weight excluding hydrogens is 288 g/mol. The second-order valence-corrected chi connectivity index (χ2v) is 4.73. The molecule has 2 rings (SSSR count). The highest BCUT2D eigenvalue weighted by atomic mass is 79.9. The van der Waals surface area contributed by atoms with Gasteiger partial charge in [0.05, 0.1) is 6.61 Å². The van der Waals surface area contributed by atoms with Crippen molar-refractivity contribution in [2.45, 2.75) is 6.92 Å². The van der Waals surface area contributed by atoms with Crippen molar-refractivity contribution in [3.05, 3.63) is 34.2 Å². The molecule has 0 spiro atoms. The molecule has 2 aromatic rings. The summed E-state index contributed by atoms with van der Waals surface area (Å²) in [6.07, 6.45) is 0. The monoisotopic (exact) mass is 298 g/mol. The quantitative estimate of drug-likeness (QED) is 0.925. The summed E-state index contributed by atoms with van der Waals surface area (Å²) in [6.45, 7) is 2.66. The van der Waals surface area contributed by atoms with Gasteiger partial charge in [0.15, 0.2) is 5.13 Å². The van der Waals surface area contributed by atoms with Crippen molar-refractivity contribution in [3.63, 3.8) is 0 Å². The molecule has 0 atom stereocenters. The summed E-state index contributed by atoms with van der Waals surface area (Å²) in [7, 11) is 0. The standard InChI is InChI=1S/C11H11BrN2OS/c1-2-15-9-5-3-8(4-6-9)13-11-14-10(12)7-16-11/h3-7H,2H2,1H3,(H,13,14). The first kappa shape index (κ1) is 11.4. The molecule has 84 valence electrons. The molecule has 0 radical (unpaired) electrons. The van der Waals surface area contributed by atoms with Crippen molar-refractivity contribution in [3.8, 4) is 5.75 Å². The smallest absolute Gasteiger partial charge is 0.188 e. The minimum absolute atomic E-state index is 0.687. The van der Waals surface area contributed by atoms with Gasteiger partial charge in [0.1, 0.15) is 10.4 Å². The largest absolute Gasteiger partial charge is 0.494 e. The lowest BCUT2D eigenvalue weighted by atomic mass is 10.3. The number of anilines is 2. The van der Waals surface area contributed by atoms with E-state index in [0.29, 0.717) is 6.61 Å². The molecule has 16 heavy (non-hydrogen) atoms. The first-order valence-electron chi connectivity index (χ1n) is 4.89. The topological polar surface area (TPSA) is 34.1 Å². The van der Waals surface area contributed by atoms with Crippen LogP contribution in [0.25, 0.3) is 0 Å². The Bertz CT molecular complexity index is 455. The maximum Gasteiger partial charge on any atom is 0.188 e. The van der Waals surface area contributed by atoms with Gasteiger partial charge in [-0.3, -0.25) is 0 Å². The number of aromatic nitrogens is 1. The molecule has 0 saturated carbocycles. The summed E-state index contributed by atoms with van der Waals surface area (Å²) in [5, 5.41) is 6.03. The van der Waals surface area contributed by atoms with Crippen LogP contribution in [0.4, 0.5) is 10.8 Å². The van der Waals surface area contributed by atoms with Gasteiger partial charge in [-0.15, -0.1) is 11.3 Å². The van der Waals surface area contributed by atoms with Gasteiger partial charge in [-0.1, -0.05) is 0 Å². The summed E-state index contributed by atoms with van der Waals surface area (Å²) >= 11 is 4.88. The van der Waals surface area contributed by atoms with Crippen molar-refractivity contribution in [2.24, 2.45) is 0 Å². The number of nitrogens with one attached hydrogen (secondary N) is 1. The van der Waals surface area contributed by atoms with Gasteiger partial charge >= 0.3 is 0 Å². The van der Waals surface area contributed by atoms with Crippen molar-refractivity contribution in [1.29, 1.82) is 0 Å². The zero-order chi connectivity index (χ0) is 11.4. The Hall–Kier alpha value is -1.07. The summed E-state index contributed by atoms with van der Waals surface area (Å²) in [5.41, 5.74) is 1.00. The molecule has 0 bridgehead atoms. The molecule has 0 aliphatic carbocycles. The molecule has 1 aromatic carbocycles. The lowest BCUT2D eigenvalue weighted by Crippen LogP contribution is -1.92. The van der Waals surface area contributed by atoms with Crippen LogP contribution in [0.3, 0.4) is 0 Å². The Kier molecular flexibility index (Phi) is 3.79. The van der Waals surface area contributed by atoms with Gasteiger partial charge in [-0.25, -0.2) is 4.98 Å². The Labute approximate surface area is 107 Å². The number of nitrogens with zero attached hydrogens (tertiary/aromatic N) is 1. The van der Waals surface area contributed by atoms with Crippen molar-refractivity contribution >= 4 is 38.1 Å². The molecule has 0 fully saturated rings. The maximum atomic E-state index is 5.37. The third kappa shape index (κ3) is 2.96. The lowest BCUT2D eigenvalue weighted by molar-refractivity contribution is 0.340. The zero-order valence-corrected chi connectivity index (χ0v) is 11.1. The SMILES string of the molecule is CCOc1ccc(Nc2nc(Br)cs2)cc1. The fourth-order valence-electron chi connectivity index (χ4n) is 1.24. The lowest BCUT2D eigenvalue weighted by Gasteiger charge is -2.05. The molecule has 0 aliphatic heterocycles. The van der Waals surface area contributed by atoms with Crippen LogP contribution in [0.5, 0.6) is 5.75 Å². The number of ether oxygens (including phenoxy) is 1. The minimum atomic E-state index is 0.687. The molecule has 0 unspecified atom stereocenters. The van der Waals surface area contributed by atoms with E-state index in [2.05, 4.69) is 26.2 Å². The average molecular weight is 299 g/mol. The van der Waals surface area contributed by atoms with Crippen molar-refractivity contribution < 1.29 is 4.74 Å². The van der Waals surface area contributed by atoms with Crippen molar-refractivity contribution in [2.75, 3.05) is 11.9 Å². The van der Waals surface area contributed by atoms with Gasteiger partial charge in [0.2, 0.25) is 0 Å². The molecule has 0 amide bonds. The first-order valence-corrected chi connectivity index (χ1v) is 6.56. The molecule has 1 heterocycles. The third-order valence-corrected chi connectivity index (χ3v) is 3.36. The van der Waals surface area contributed by atoms with E-state index in [-0.39, 0.29) is 0 Å². The summed E-state index contributed by atoms with van der Waals surface area (Å²) < 4.78 is 6.22. The fraction of sp³-hybridized carbons (Fsp3) is 0.182. The fourth-order valence-corrected chi connectivity index (χ4v) is 2.40. The molecule has 3 nitrogen and oxygen atoms in total. The Morgan fingerprint density at radius 3 is 2.69 bits per heavy atom. The van der Waals surface area contributed by atoms with Gasteiger partial charge in [-0.05, 0) is 47.1 Å². The normalized spacial score (nSPS) is 10.1. The van der Waals surface area contributed by atoms with Crippen LogP contribution in [0, 0.1) is 0 Å². The molecule has 0 aliphatic rings. The van der Waals surface area contributed by atoms with Gasteiger partial charge in [0.25, 0.3) is 0 Å². The number of hydrogen-bond donors (Lipinski definition) is 1. The van der Waals surface area contributed by atoms with E-state index in [9.17, 15) is 0 Å². The number of benzene rings is 1. The maximum absolute atomic E-state index is 5.37. The van der Waals surface area contributed by atoms with Crippen molar-refractivity contribution in [1.82, 2.24) is 4.98 Å². The Balaban J connectivity index is 2.05. The number of hydrogen-bond acceptors (Lipinski definition) is 4. The van der Waals surface area contributed by atoms with E-state index >= 15 is 0 Å². The molecule has 1 N–H and O–H groups in total. The van der Waals surface area contributed by atoms with E-state index in [1.165, 1.54) is 0 Å².